The Kier molecular flexibility index (Phi) is 6.32. The van der Waals surface area contributed by atoms with Crippen molar-refractivity contribution >= 4 is 24.0 Å². The minimum absolute atomic E-state index is 0. The van der Waals surface area contributed by atoms with Crippen LogP contribution >= 0.6 is 12.4 Å². The van der Waals surface area contributed by atoms with Crippen molar-refractivity contribution in [2.75, 3.05) is 19.6 Å². The SMILES string of the molecule is Cc1cccc([N+](=O)[O-])c1C(=O)NCC1(C)CCNCC1.Cl. The summed E-state index contributed by atoms with van der Waals surface area (Å²) in [6.07, 6.45) is 1.98. The van der Waals surface area contributed by atoms with Crippen LogP contribution in [0.4, 0.5) is 5.69 Å². The fraction of sp³-hybridized carbons (Fsp3) is 0.533. The Morgan fingerprint density at radius 2 is 2.05 bits per heavy atom. The van der Waals surface area contributed by atoms with Gasteiger partial charge in [0.15, 0.2) is 0 Å². The van der Waals surface area contributed by atoms with Gasteiger partial charge >= 0.3 is 0 Å². The van der Waals surface area contributed by atoms with E-state index < -0.39 is 4.92 Å². The normalized spacial score (nSPS) is 16.5. The van der Waals surface area contributed by atoms with Crippen LogP contribution < -0.4 is 10.6 Å². The van der Waals surface area contributed by atoms with Crippen LogP contribution in [0.15, 0.2) is 18.2 Å². The first kappa shape index (κ1) is 18.4. The summed E-state index contributed by atoms with van der Waals surface area (Å²) in [5.74, 6) is -0.362. The molecule has 7 heteroatoms. The maximum Gasteiger partial charge on any atom is 0.282 e. The summed E-state index contributed by atoms with van der Waals surface area (Å²) in [6, 6.07) is 4.68. The van der Waals surface area contributed by atoms with E-state index in [2.05, 4.69) is 17.6 Å². The van der Waals surface area contributed by atoms with E-state index in [-0.39, 0.29) is 35.0 Å². The lowest BCUT2D eigenvalue weighted by Crippen LogP contribution is -2.43. The Hall–Kier alpha value is -1.66. The number of nitro benzene ring substituents is 1. The second-order valence-electron chi connectivity index (χ2n) is 5.97. The molecular formula is C15H22ClN3O3. The zero-order chi connectivity index (χ0) is 15.5. The number of carbonyl (C=O) groups excluding carboxylic acids is 1. The number of carbonyl (C=O) groups is 1. The number of amides is 1. The summed E-state index contributed by atoms with van der Waals surface area (Å²) in [6.45, 7) is 6.28. The molecule has 0 aliphatic carbocycles. The van der Waals surface area contributed by atoms with Gasteiger partial charge in [-0.25, -0.2) is 0 Å². The van der Waals surface area contributed by atoms with Crippen LogP contribution in [0.1, 0.15) is 35.7 Å². The molecule has 0 spiro atoms. The standard InChI is InChI=1S/C15H21N3O3.ClH/c1-11-4-3-5-12(18(20)21)13(11)14(19)17-10-15(2)6-8-16-9-7-15;/h3-5,16H,6-10H2,1-2H3,(H,17,19);1H. The van der Waals surface area contributed by atoms with Crippen LogP contribution in [0.2, 0.25) is 0 Å². The van der Waals surface area contributed by atoms with Gasteiger partial charge < -0.3 is 10.6 Å². The van der Waals surface area contributed by atoms with E-state index in [0.717, 1.165) is 25.9 Å². The molecule has 6 nitrogen and oxygen atoms in total. The number of aryl methyl sites for hydroxylation is 1. The molecule has 2 N–H and O–H groups in total. The molecule has 0 saturated carbocycles. The van der Waals surface area contributed by atoms with Crippen LogP contribution in [-0.4, -0.2) is 30.5 Å². The van der Waals surface area contributed by atoms with Crippen molar-refractivity contribution in [3.63, 3.8) is 0 Å². The highest BCUT2D eigenvalue weighted by molar-refractivity contribution is 5.99. The molecule has 0 aromatic heterocycles. The number of nitrogens with one attached hydrogen (secondary N) is 2. The molecule has 1 aromatic rings. The third kappa shape index (κ3) is 4.18. The van der Waals surface area contributed by atoms with Crippen molar-refractivity contribution < 1.29 is 9.72 Å². The molecule has 22 heavy (non-hydrogen) atoms. The monoisotopic (exact) mass is 327 g/mol. The van der Waals surface area contributed by atoms with Crippen LogP contribution in [0, 0.1) is 22.5 Å². The van der Waals surface area contributed by atoms with Crippen molar-refractivity contribution in [2.24, 2.45) is 5.41 Å². The maximum absolute atomic E-state index is 12.3. The predicted molar refractivity (Wildman–Crippen MR) is 87.6 cm³/mol. The Balaban J connectivity index is 0.00000242. The molecule has 1 aliphatic heterocycles. The van der Waals surface area contributed by atoms with Gasteiger partial charge in [-0.15, -0.1) is 12.4 Å². The number of nitro groups is 1. The third-order valence-corrected chi connectivity index (χ3v) is 4.16. The fourth-order valence-corrected chi connectivity index (χ4v) is 2.69. The molecule has 1 fully saturated rings. The fourth-order valence-electron chi connectivity index (χ4n) is 2.69. The topological polar surface area (TPSA) is 84.3 Å². The zero-order valence-corrected chi connectivity index (χ0v) is 13.7. The van der Waals surface area contributed by atoms with E-state index in [9.17, 15) is 14.9 Å². The van der Waals surface area contributed by atoms with E-state index in [1.165, 1.54) is 6.07 Å². The van der Waals surface area contributed by atoms with Gasteiger partial charge in [0, 0.05) is 12.6 Å². The minimum Gasteiger partial charge on any atom is -0.351 e. The highest BCUT2D eigenvalue weighted by Gasteiger charge is 2.29. The summed E-state index contributed by atoms with van der Waals surface area (Å²) >= 11 is 0. The van der Waals surface area contributed by atoms with Crippen molar-refractivity contribution in [1.82, 2.24) is 10.6 Å². The smallest absolute Gasteiger partial charge is 0.282 e. The lowest BCUT2D eigenvalue weighted by molar-refractivity contribution is -0.385. The average molecular weight is 328 g/mol. The summed E-state index contributed by atoms with van der Waals surface area (Å²) in [5.41, 5.74) is 0.707. The lowest BCUT2D eigenvalue weighted by atomic mass is 9.81. The molecule has 0 bridgehead atoms. The largest absolute Gasteiger partial charge is 0.351 e. The number of halogens is 1. The number of nitrogens with zero attached hydrogens (tertiary/aromatic N) is 1. The first-order valence-electron chi connectivity index (χ1n) is 7.16. The van der Waals surface area contributed by atoms with E-state index in [4.69, 9.17) is 0 Å². The molecule has 0 unspecified atom stereocenters. The molecule has 1 aromatic carbocycles. The van der Waals surface area contributed by atoms with Gasteiger partial charge in [-0.1, -0.05) is 19.1 Å². The summed E-state index contributed by atoms with van der Waals surface area (Å²) in [7, 11) is 0. The second-order valence-corrected chi connectivity index (χ2v) is 5.97. The van der Waals surface area contributed by atoms with Crippen LogP contribution in [-0.2, 0) is 0 Å². The highest BCUT2D eigenvalue weighted by Crippen LogP contribution is 2.27. The molecule has 0 radical (unpaired) electrons. The van der Waals surface area contributed by atoms with Crippen molar-refractivity contribution in [2.45, 2.75) is 26.7 Å². The number of rotatable bonds is 4. The molecule has 1 amide bonds. The molecule has 122 valence electrons. The van der Waals surface area contributed by atoms with Crippen LogP contribution in [0.3, 0.4) is 0 Å². The molecule has 0 atom stereocenters. The minimum atomic E-state index is -0.506. The van der Waals surface area contributed by atoms with Gasteiger partial charge in [-0.3, -0.25) is 14.9 Å². The Bertz CT molecular complexity index is 557. The average Bonchev–Trinajstić information content (AvgIpc) is 2.45. The maximum atomic E-state index is 12.3. The van der Waals surface area contributed by atoms with E-state index in [1.54, 1.807) is 19.1 Å². The van der Waals surface area contributed by atoms with Gasteiger partial charge in [0.2, 0.25) is 0 Å². The van der Waals surface area contributed by atoms with Crippen molar-refractivity contribution in [3.8, 4) is 0 Å². The number of benzene rings is 1. The van der Waals surface area contributed by atoms with Gasteiger partial charge in [0.05, 0.1) is 4.92 Å². The third-order valence-electron chi connectivity index (χ3n) is 4.16. The van der Waals surface area contributed by atoms with Gasteiger partial charge in [0.1, 0.15) is 5.56 Å². The molecule has 2 rings (SSSR count). The summed E-state index contributed by atoms with van der Waals surface area (Å²) in [5, 5.41) is 17.2. The molecular weight excluding hydrogens is 306 g/mol. The van der Waals surface area contributed by atoms with E-state index in [0.29, 0.717) is 12.1 Å². The Morgan fingerprint density at radius 1 is 1.41 bits per heavy atom. The molecule has 1 heterocycles. The Morgan fingerprint density at radius 3 is 2.64 bits per heavy atom. The zero-order valence-electron chi connectivity index (χ0n) is 12.8. The van der Waals surface area contributed by atoms with Gasteiger partial charge in [-0.05, 0) is 43.8 Å². The highest BCUT2D eigenvalue weighted by atomic mass is 35.5. The lowest BCUT2D eigenvalue weighted by Gasteiger charge is -2.34. The molecule has 1 aliphatic rings. The first-order valence-corrected chi connectivity index (χ1v) is 7.16. The number of hydrogen-bond acceptors (Lipinski definition) is 4. The summed E-state index contributed by atoms with van der Waals surface area (Å²) in [4.78, 5) is 22.9. The quantitative estimate of drug-likeness (QED) is 0.657. The van der Waals surface area contributed by atoms with Crippen LogP contribution in [0.5, 0.6) is 0 Å². The number of hydrogen-bond donors (Lipinski definition) is 2. The Labute approximate surface area is 136 Å². The summed E-state index contributed by atoms with van der Waals surface area (Å²) < 4.78 is 0. The van der Waals surface area contributed by atoms with Gasteiger partial charge in [-0.2, -0.15) is 0 Å². The van der Waals surface area contributed by atoms with Crippen molar-refractivity contribution in [3.05, 3.63) is 39.4 Å². The van der Waals surface area contributed by atoms with E-state index >= 15 is 0 Å². The van der Waals surface area contributed by atoms with Gasteiger partial charge in [0.25, 0.3) is 11.6 Å². The van der Waals surface area contributed by atoms with Crippen LogP contribution in [0.25, 0.3) is 0 Å². The van der Waals surface area contributed by atoms with Crippen molar-refractivity contribution in [1.29, 1.82) is 0 Å². The number of piperidine rings is 1. The molecule has 1 saturated heterocycles. The second kappa shape index (κ2) is 7.56. The predicted octanol–water partition coefficient (Wildman–Crippen LogP) is 2.44. The first-order chi connectivity index (χ1) is 9.93. The van der Waals surface area contributed by atoms with E-state index in [1.807, 2.05) is 0 Å².